The fourth-order valence-corrected chi connectivity index (χ4v) is 4.59. The van der Waals surface area contributed by atoms with E-state index in [1.807, 2.05) is 11.9 Å². The van der Waals surface area contributed by atoms with Gasteiger partial charge in [0.05, 0.1) is 16.1 Å². The van der Waals surface area contributed by atoms with E-state index in [1.54, 1.807) is 6.34 Å². The van der Waals surface area contributed by atoms with Gasteiger partial charge in [-0.1, -0.05) is 6.07 Å². The number of rotatable bonds is 3. The maximum Gasteiger partial charge on any atom is 0.175 e. The lowest BCUT2D eigenvalue weighted by molar-refractivity contribution is 0.432. The summed E-state index contributed by atoms with van der Waals surface area (Å²) in [7, 11) is -5.22. The van der Waals surface area contributed by atoms with Gasteiger partial charge in [-0.25, -0.2) is 16.8 Å². The van der Waals surface area contributed by atoms with E-state index < -0.39 is 19.7 Å². The van der Waals surface area contributed by atoms with Crippen molar-refractivity contribution in [2.75, 3.05) is 32.6 Å². The van der Waals surface area contributed by atoms with Crippen LogP contribution in [0.3, 0.4) is 0 Å². The molecule has 0 radical (unpaired) electrons. The molecule has 6 nitrogen and oxygen atoms in total. The van der Waals surface area contributed by atoms with Crippen LogP contribution in [0.25, 0.3) is 0 Å². The molecule has 1 unspecified atom stereocenters. The fourth-order valence-electron chi connectivity index (χ4n) is 2.52. The second kappa shape index (κ2) is 5.42. The molecule has 2 rings (SSSR count). The van der Waals surface area contributed by atoms with Gasteiger partial charge in [0.2, 0.25) is 0 Å². The molecule has 0 saturated carbocycles. The molecule has 1 aliphatic heterocycles. The third kappa shape index (κ3) is 3.44. The Bertz CT molecular complexity index is 732. The number of hydrogen-bond donors (Lipinski definition) is 0. The summed E-state index contributed by atoms with van der Waals surface area (Å²) in [4.78, 5) is 6.13. The predicted octanol–water partition coefficient (Wildman–Crippen LogP) is 0.551. The Hall–Kier alpha value is -1.41. The van der Waals surface area contributed by atoms with Crippen LogP contribution in [0.5, 0.6) is 0 Å². The first-order valence-corrected chi connectivity index (χ1v) is 10.1. The largest absolute Gasteiger partial charge is 0.365 e. The monoisotopic (exact) mass is 330 g/mol. The molecular formula is C13H18N2O4S2. The molecule has 0 aliphatic carbocycles. The number of aliphatic imine (C=N–C) groups is 1. The molecule has 1 aliphatic rings. The Labute approximate surface area is 125 Å². The molecule has 1 atom stereocenters. The Morgan fingerprint density at radius 3 is 2.05 bits per heavy atom. The zero-order valence-electron chi connectivity index (χ0n) is 12.1. The van der Waals surface area contributed by atoms with Gasteiger partial charge in [0, 0.05) is 38.6 Å². The summed E-state index contributed by atoms with van der Waals surface area (Å²) < 4.78 is 48.0. The molecule has 1 heterocycles. The topological polar surface area (TPSA) is 83.9 Å². The van der Waals surface area contributed by atoms with Crippen molar-refractivity contribution in [1.29, 1.82) is 0 Å². The molecule has 0 fully saturated rings. The van der Waals surface area contributed by atoms with Crippen molar-refractivity contribution in [3.05, 3.63) is 23.8 Å². The lowest BCUT2D eigenvalue weighted by Gasteiger charge is -2.28. The molecule has 116 valence electrons. The fraction of sp³-hybridized carbons (Fsp3) is 0.462. The van der Waals surface area contributed by atoms with Gasteiger partial charge in [0.1, 0.15) is 0 Å². The summed E-state index contributed by atoms with van der Waals surface area (Å²) in [6, 6.07) is 4.38. The van der Waals surface area contributed by atoms with Crippen LogP contribution >= 0.6 is 0 Å². The van der Waals surface area contributed by atoms with Gasteiger partial charge in [-0.3, -0.25) is 4.99 Å². The summed E-state index contributed by atoms with van der Waals surface area (Å²) in [5.41, 5.74) is 0.353. The molecule has 0 aromatic heterocycles. The second-order valence-corrected chi connectivity index (χ2v) is 9.30. The highest BCUT2D eigenvalue weighted by Gasteiger charge is 2.29. The van der Waals surface area contributed by atoms with Crippen molar-refractivity contribution in [2.45, 2.75) is 15.7 Å². The van der Waals surface area contributed by atoms with Crippen molar-refractivity contribution in [3.8, 4) is 0 Å². The van der Waals surface area contributed by atoms with E-state index in [9.17, 15) is 16.8 Å². The second-order valence-electron chi connectivity index (χ2n) is 5.33. The highest BCUT2D eigenvalue weighted by atomic mass is 32.2. The number of likely N-dealkylation sites (N-methyl/N-ethyl adjacent to an activating group) is 1. The van der Waals surface area contributed by atoms with Crippen molar-refractivity contribution >= 4 is 26.0 Å². The molecule has 1 aromatic carbocycles. The van der Waals surface area contributed by atoms with Crippen LogP contribution in [0.15, 0.2) is 33.0 Å². The standard InChI is InChI=1S/C13H18N2O4S2/c1-15-8-10(7-14-9-15)13-11(20(2,16)17)5-4-6-12(13)21(3,18)19/h4-6,9-10H,7-8H2,1-3H3. The summed E-state index contributed by atoms with van der Waals surface area (Å²) >= 11 is 0. The van der Waals surface area contributed by atoms with Crippen LogP contribution in [0.1, 0.15) is 11.5 Å². The van der Waals surface area contributed by atoms with E-state index in [-0.39, 0.29) is 15.7 Å². The first kappa shape index (κ1) is 16.0. The Balaban J connectivity index is 2.74. The van der Waals surface area contributed by atoms with Gasteiger partial charge in [-0.2, -0.15) is 0 Å². The quantitative estimate of drug-likeness (QED) is 0.808. The number of hydrogen-bond acceptors (Lipinski definition) is 6. The van der Waals surface area contributed by atoms with Crippen LogP contribution in [0.4, 0.5) is 0 Å². The van der Waals surface area contributed by atoms with E-state index in [0.29, 0.717) is 18.7 Å². The van der Waals surface area contributed by atoms with Crippen molar-refractivity contribution in [1.82, 2.24) is 4.90 Å². The lowest BCUT2D eigenvalue weighted by Crippen LogP contribution is -2.31. The van der Waals surface area contributed by atoms with Gasteiger partial charge in [0.15, 0.2) is 19.7 Å². The van der Waals surface area contributed by atoms with Gasteiger partial charge in [-0.05, 0) is 17.7 Å². The van der Waals surface area contributed by atoms with Crippen molar-refractivity contribution < 1.29 is 16.8 Å². The van der Waals surface area contributed by atoms with Gasteiger partial charge in [-0.15, -0.1) is 0 Å². The van der Waals surface area contributed by atoms with Crippen LogP contribution in [-0.2, 0) is 19.7 Å². The molecular weight excluding hydrogens is 312 g/mol. The molecule has 8 heteroatoms. The van der Waals surface area contributed by atoms with Crippen molar-refractivity contribution in [2.24, 2.45) is 4.99 Å². The van der Waals surface area contributed by atoms with Crippen LogP contribution in [0.2, 0.25) is 0 Å². The van der Waals surface area contributed by atoms with Gasteiger partial charge < -0.3 is 4.90 Å². The minimum absolute atomic E-state index is 0.0703. The summed E-state index contributed by atoms with van der Waals surface area (Å²) in [6.45, 7) is 0.901. The normalized spacial score (nSPS) is 19.8. The Morgan fingerprint density at radius 1 is 1.10 bits per heavy atom. The molecule has 0 bridgehead atoms. The first-order valence-electron chi connectivity index (χ1n) is 6.34. The Morgan fingerprint density at radius 2 is 1.62 bits per heavy atom. The van der Waals surface area contributed by atoms with Crippen LogP contribution < -0.4 is 0 Å². The number of sulfone groups is 2. The summed E-state index contributed by atoms with van der Waals surface area (Å²) in [5, 5.41) is 0. The van der Waals surface area contributed by atoms with Gasteiger partial charge in [0.25, 0.3) is 0 Å². The maximum absolute atomic E-state index is 12.0. The highest BCUT2D eigenvalue weighted by molar-refractivity contribution is 7.91. The molecule has 21 heavy (non-hydrogen) atoms. The lowest BCUT2D eigenvalue weighted by atomic mass is 9.97. The zero-order chi connectivity index (χ0) is 15.8. The first-order chi connectivity index (χ1) is 9.60. The predicted molar refractivity (Wildman–Crippen MR) is 81.4 cm³/mol. The van der Waals surface area contributed by atoms with E-state index in [1.165, 1.54) is 18.2 Å². The average molecular weight is 330 g/mol. The van der Waals surface area contributed by atoms with E-state index >= 15 is 0 Å². The average Bonchev–Trinajstić information content (AvgIpc) is 2.36. The molecule has 0 N–H and O–H groups in total. The molecule has 0 spiro atoms. The highest BCUT2D eigenvalue weighted by Crippen LogP contribution is 2.32. The third-order valence-electron chi connectivity index (χ3n) is 3.35. The maximum atomic E-state index is 12.0. The van der Waals surface area contributed by atoms with E-state index in [0.717, 1.165) is 12.5 Å². The summed E-state index contributed by atoms with van der Waals surface area (Å²) in [6.07, 6.45) is 3.85. The summed E-state index contributed by atoms with van der Waals surface area (Å²) in [5.74, 6) is -0.268. The molecule has 0 saturated heterocycles. The zero-order valence-corrected chi connectivity index (χ0v) is 13.8. The molecule has 1 aromatic rings. The minimum Gasteiger partial charge on any atom is -0.365 e. The van der Waals surface area contributed by atoms with Crippen molar-refractivity contribution in [3.63, 3.8) is 0 Å². The SMILES string of the molecule is CN1C=NCC(c2c(S(C)(=O)=O)cccc2S(C)(=O)=O)C1. The minimum atomic E-state index is -3.52. The van der Waals surface area contributed by atoms with Crippen LogP contribution in [-0.4, -0.2) is 60.7 Å². The van der Waals surface area contributed by atoms with Crippen LogP contribution in [0, 0.1) is 0 Å². The van der Waals surface area contributed by atoms with Gasteiger partial charge >= 0.3 is 0 Å². The number of nitrogens with zero attached hydrogens (tertiary/aromatic N) is 2. The Kier molecular flexibility index (Phi) is 4.12. The van der Waals surface area contributed by atoms with E-state index in [2.05, 4.69) is 4.99 Å². The smallest absolute Gasteiger partial charge is 0.175 e. The number of benzene rings is 1. The van der Waals surface area contributed by atoms with E-state index in [4.69, 9.17) is 0 Å². The molecule has 0 amide bonds. The third-order valence-corrected chi connectivity index (χ3v) is 5.66.